The molecule has 1 aromatic heterocycles. The van der Waals surface area contributed by atoms with E-state index in [2.05, 4.69) is 0 Å². The molecule has 26 heavy (non-hydrogen) atoms. The molecular weight excluding hydrogens is 340 g/mol. The Morgan fingerprint density at radius 3 is 2.42 bits per heavy atom. The summed E-state index contributed by atoms with van der Waals surface area (Å²) in [5, 5.41) is 10.4. The molecule has 7 heteroatoms. The molecule has 0 spiro atoms. The number of hydrogen-bond donors (Lipinski definition) is 1. The molecule has 7 nitrogen and oxygen atoms in total. The van der Waals surface area contributed by atoms with Crippen LogP contribution in [0.15, 0.2) is 33.5 Å². The van der Waals surface area contributed by atoms with Crippen molar-refractivity contribution in [2.24, 2.45) is 0 Å². The average molecular weight is 356 g/mol. The highest BCUT2D eigenvalue weighted by Gasteiger charge is 2.27. The molecule has 0 amide bonds. The maximum atomic E-state index is 13.1. The van der Waals surface area contributed by atoms with Crippen LogP contribution in [0.2, 0.25) is 0 Å². The fourth-order valence-electron chi connectivity index (χ4n) is 3.13. The highest BCUT2D eigenvalue weighted by Crippen LogP contribution is 2.44. The van der Waals surface area contributed by atoms with Crippen molar-refractivity contribution in [1.82, 2.24) is 0 Å². The number of phenolic OH excluding ortho intramolecular Hbond substituents is 1. The molecule has 0 saturated heterocycles. The Morgan fingerprint density at radius 2 is 1.73 bits per heavy atom. The maximum Gasteiger partial charge on any atom is 0.204 e. The molecule has 4 rings (SSSR count). The average Bonchev–Trinajstić information content (AvgIpc) is 2.65. The minimum Gasteiger partial charge on any atom is -0.507 e. The summed E-state index contributed by atoms with van der Waals surface area (Å²) < 4.78 is 27.3. The maximum absolute atomic E-state index is 13.1. The molecule has 0 aliphatic carbocycles. The van der Waals surface area contributed by atoms with Crippen LogP contribution in [-0.2, 0) is 6.61 Å². The first-order valence-corrected chi connectivity index (χ1v) is 7.83. The predicted octanol–water partition coefficient (Wildman–Crippen LogP) is 3.08. The SMILES string of the molecule is COc1cc(O)c2c(=O)c3c(oc2c1)COc1cc(OC)c(OC)cc1-3. The van der Waals surface area contributed by atoms with Gasteiger partial charge in [-0.05, 0) is 6.07 Å². The van der Waals surface area contributed by atoms with E-state index in [-0.39, 0.29) is 28.8 Å². The van der Waals surface area contributed by atoms with Crippen molar-refractivity contribution in [3.05, 3.63) is 40.2 Å². The van der Waals surface area contributed by atoms with Gasteiger partial charge in [0, 0.05) is 23.8 Å². The van der Waals surface area contributed by atoms with E-state index < -0.39 is 0 Å². The molecule has 2 heterocycles. The second-order valence-electron chi connectivity index (χ2n) is 5.74. The molecule has 0 unspecified atom stereocenters. The fourth-order valence-corrected chi connectivity index (χ4v) is 3.13. The Morgan fingerprint density at radius 1 is 1.00 bits per heavy atom. The third-order valence-electron chi connectivity index (χ3n) is 4.37. The monoisotopic (exact) mass is 356 g/mol. The van der Waals surface area contributed by atoms with Gasteiger partial charge in [-0.2, -0.15) is 0 Å². The molecule has 1 N–H and O–H groups in total. The lowest BCUT2D eigenvalue weighted by molar-refractivity contribution is 0.264. The van der Waals surface area contributed by atoms with Crippen LogP contribution in [0.4, 0.5) is 0 Å². The zero-order chi connectivity index (χ0) is 18.4. The first-order chi connectivity index (χ1) is 12.6. The van der Waals surface area contributed by atoms with Crippen molar-refractivity contribution in [1.29, 1.82) is 0 Å². The van der Waals surface area contributed by atoms with Crippen molar-refractivity contribution < 1.29 is 28.5 Å². The van der Waals surface area contributed by atoms with Gasteiger partial charge in [0.25, 0.3) is 0 Å². The van der Waals surface area contributed by atoms with E-state index in [1.54, 1.807) is 18.2 Å². The smallest absolute Gasteiger partial charge is 0.204 e. The largest absolute Gasteiger partial charge is 0.507 e. The fraction of sp³-hybridized carbons (Fsp3) is 0.211. The molecule has 0 bridgehead atoms. The van der Waals surface area contributed by atoms with Gasteiger partial charge in [-0.25, -0.2) is 0 Å². The van der Waals surface area contributed by atoms with Crippen molar-refractivity contribution in [2.45, 2.75) is 6.61 Å². The Balaban J connectivity index is 2.05. The van der Waals surface area contributed by atoms with Gasteiger partial charge in [-0.3, -0.25) is 4.79 Å². The van der Waals surface area contributed by atoms with Crippen LogP contribution in [0.3, 0.4) is 0 Å². The number of phenols is 1. The van der Waals surface area contributed by atoms with Gasteiger partial charge in [-0.1, -0.05) is 0 Å². The molecule has 2 aromatic carbocycles. The van der Waals surface area contributed by atoms with E-state index in [4.69, 9.17) is 23.4 Å². The van der Waals surface area contributed by atoms with Gasteiger partial charge in [0.2, 0.25) is 5.43 Å². The molecule has 3 aromatic rings. The van der Waals surface area contributed by atoms with Crippen molar-refractivity contribution in [3.63, 3.8) is 0 Å². The molecule has 1 aliphatic rings. The zero-order valence-electron chi connectivity index (χ0n) is 14.4. The summed E-state index contributed by atoms with van der Waals surface area (Å²) in [4.78, 5) is 13.1. The first kappa shape index (κ1) is 16.1. The van der Waals surface area contributed by atoms with Crippen molar-refractivity contribution >= 4 is 11.0 Å². The van der Waals surface area contributed by atoms with Crippen LogP contribution in [0.1, 0.15) is 5.76 Å². The molecule has 1 aliphatic heterocycles. The van der Waals surface area contributed by atoms with Gasteiger partial charge in [-0.15, -0.1) is 0 Å². The lowest BCUT2D eigenvalue weighted by atomic mass is 9.98. The van der Waals surface area contributed by atoms with Gasteiger partial charge in [0.15, 0.2) is 17.3 Å². The standard InChI is InChI=1S/C19H16O7/c1-22-9-4-11(20)18-15(5-9)26-16-8-25-12-7-14(24-3)13(23-2)6-10(12)17(16)19(18)21/h4-7,20H,8H2,1-3H3. The minimum absolute atomic E-state index is 0.0843. The number of rotatable bonds is 3. The summed E-state index contributed by atoms with van der Waals surface area (Å²) in [5.41, 5.74) is 0.742. The summed E-state index contributed by atoms with van der Waals surface area (Å²) in [7, 11) is 4.50. The summed E-state index contributed by atoms with van der Waals surface area (Å²) in [6, 6.07) is 6.26. The minimum atomic E-state index is -0.349. The molecule has 0 fully saturated rings. The first-order valence-electron chi connectivity index (χ1n) is 7.83. The molecule has 0 saturated carbocycles. The van der Waals surface area contributed by atoms with Crippen molar-refractivity contribution in [3.8, 4) is 39.9 Å². The Bertz CT molecular complexity index is 1080. The van der Waals surface area contributed by atoms with Gasteiger partial charge in [0.1, 0.15) is 34.8 Å². The number of hydrogen-bond acceptors (Lipinski definition) is 7. The van der Waals surface area contributed by atoms with Crippen LogP contribution in [0.5, 0.6) is 28.7 Å². The lowest BCUT2D eigenvalue weighted by Gasteiger charge is -2.21. The summed E-state index contributed by atoms with van der Waals surface area (Å²) in [6.07, 6.45) is 0. The van der Waals surface area contributed by atoms with Crippen LogP contribution in [-0.4, -0.2) is 26.4 Å². The molecule has 134 valence electrons. The van der Waals surface area contributed by atoms with Crippen LogP contribution >= 0.6 is 0 Å². The number of aromatic hydroxyl groups is 1. The zero-order valence-corrected chi connectivity index (χ0v) is 14.4. The van der Waals surface area contributed by atoms with E-state index in [9.17, 15) is 9.90 Å². The summed E-state index contributed by atoms with van der Waals surface area (Å²) in [5.74, 6) is 1.99. The second kappa shape index (κ2) is 5.87. The molecule has 0 atom stereocenters. The van der Waals surface area contributed by atoms with E-state index in [1.165, 1.54) is 27.4 Å². The van der Waals surface area contributed by atoms with Crippen molar-refractivity contribution in [2.75, 3.05) is 21.3 Å². The van der Waals surface area contributed by atoms with Gasteiger partial charge in [0.05, 0.1) is 26.9 Å². The number of benzene rings is 2. The van der Waals surface area contributed by atoms with Crippen LogP contribution in [0.25, 0.3) is 22.1 Å². The number of methoxy groups -OCH3 is 3. The quantitative estimate of drug-likeness (QED) is 0.771. The van der Waals surface area contributed by atoms with Crippen LogP contribution < -0.4 is 24.4 Å². The lowest BCUT2D eigenvalue weighted by Crippen LogP contribution is -2.15. The van der Waals surface area contributed by atoms with E-state index >= 15 is 0 Å². The summed E-state index contributed by atoms with van der Waals surface area (Å²) in [6.45, 7) is 0.0843. The third kappa shape index (κ3) is 2.24. The highest BCUT2D eigenvalue weighted by molar-refractivity contribution is 5.90. The van der Waals surface area contributed by atoms with Crippen LogP contribution in [0, 0.1) is 0 Å². The Hall–Kier alpha value is -3.35. The number of fused-ring (bicyclic) bond motifs is 4. The second-order valence-corrected chi connectivity index (χ2v) is 5.74. The summed E-state index contributed by atoms with van der Waals surface area (Å²) >= 11 is 0. The van der Waals surface area contributed by atoms with E-state index in [0.717, 1.165) is 0 Å². The highest BCUT2D eigenvalue weighted by atomic mass is 16.5. The normalized spacial score (nSPS) is 12.1. The number of ether oxygens (including phenoxy) is 4. The topological polar surface area (TPSA) is 87.4 Å². The van der Waals surface area contributed by atoms with Gasteiger partial charge >= 0.3 is 0 Å². The molecule has 0 radical (unpaired) electrons. The third-order valence-corrected chi connectivity index (χ3v) is 4.37. The predicted molar refractivity (Wildman–Crippen MR) is 93.6 cm³/mol. The van der Waals surface area contributed by atoms with E-state index in [0.29, 0.717) is 39.9 Å². The Kier molecular flexibility index (Phi) is 3.64. The van der Waals surface area contributed by atoms with E-state index in [1.807, 2.05) is 0 Å². The van der Waals surface area contributed by atoms with Gasteiger partial charge < -0.3 is 28.5 Å². The molecular formula is C19H16O7. The Labute approximate surface area is 148 Å².